The van der Waals surface area contributed by atoms with E-state index in [-0.39, 0.29) is 12.2 Å². The Morgan fingerprint density at radius 3 is 2.68 bits per heavy atom. The van der Waals surface area contributed by atoms with Crippen molar-refractivity contribution >= 4 is 11.6 Å². The minimum atomic E-state index is -0.520. The van der Waals surface area contributed by atoms with Crippen LogP contribution in [-0.2, 0) is 6.61 Å². The molecule has 0 saturated carbocycles. The average molecular weight is 378 g/mol. The molecule has 144 valence electrons. The van der Waals surface area contributed by atoms with E-state index in [0.29, 0.717) is 11.4 Å². The Morgan fingerprint density at radius 1 is 1.07 bits per heavy atom. The van der Waals surface area contributed by atoms with Crippen molar-refractivity contribution in [2.45, 2.75) is 20.5 Å². The Hall–Kier alpha value is -3.54. The monoisotopic (exact) mass is 378 g/mol. The van der Waals surface area contributed by atoms with E-state index in [0.717, 1.165) is 21.4 Å². The van der Waals surface area contributed by atoms with Crippen LogP contribution in [0.3, 0.4) is 0 Å². The van der Waals surface area contributed by atoms with Crippen molar-refractivity contribution in [1.29, 1.82) is 0 Å². The molecule has 0 aliphatic heterocycles. The first-order valence-electron chi connectivity index (χ1n) is 8.84. The third kappa shape index (κ3) is 4.40. The maximum atomic E-state index is 12.6. The predicted octanol–water partition coefficient (Wildman–Crippen LogP) is 3.35. The van der Waals surface area contributed by atoms with Crippen molar-refractivity contribution in [3.63, 3.8) is 0 Å². The first kappa shape index (κ1) is 19.2. The van der Waals surface area contributed by atoms with Gasteiger partial charge in [0.25, 0.3) is 11.5 Å². The summed E-state index contributed by atoms with van der Waals surface area (Å²) in [5.74, 6) is 0.230. The van der Waals surface area contributed by atoms with Crippen LogP contribution >= 0.6 is 0 Å². The number of hydrogen-bond donors (Lipinski definition) is 1. The quantitative estimate of drug-likeness (QED) is 0.714. The predicted molar refractivity (Wildman–Crippen MR) is 108 cm³/mol. The number of amides is 1. The number of nitrogens with zero attached hydrogens (tertiary/aromatic N) is 1. The van der Waals surface area contributed by atoms with E-state index in [1.54, 1.807) is 13.2 Å². The molecule has 28 heavy (non-hydrogen) atoms. The number of nitrogens with one attached hydrogen (secondary N) is 1. The van der Waals surface area contributed by atoms with Crippen LogP contribution in [0.1, 0.15) is 27.0 Å². The summed E-state index contributed by atoms with van der Waals surface area (Å²) in [4.78, 5) is 30.8. The summed E-state index contributed by atoms with van der Waals surface area (Å²) in [6.07, 6.45) is 1.48. The van der Waals surface area contributed by atoms with E-state index in [1.165, 1.54) is 12.3 Å². The SMILES string of the molecule is COc1cccc(COn2cccc(C(=O)Nc3cc(C)ccc3C)c2=O)c1. The number of aryl methyl sites for hydroxylation is 2. The molecule has 6 heteroatoms. The topological polar surface area (TPSA) is 69.6 Å². The van der Waals surface area contributed by atoms with E-state index >= 15 is 0 Å². The molecular formula is C22H22N2O4. The van der Waals surface area contributed by atoms with Gasteiger partial charge in [0, 0.05) is 11.9 Å². The Morgan fingerprint density at radius 2 is 1.89 bits per heavy atom. The average Bonchev–Trinajstić information content (AvgIpc) is 2.70. The zero-order chi connectivity index (χ0) is 20.1. The molecule has 6 nitrogen and oxygen atoms in total. The van der Waals surface area contributed by atoms with Crippen LogP contribution in [0.25, 0.3) is 0 Å². The number of carbonyl (C=O) groups is 1. The lowest BCUT2D eigenvalue weighted by atomic mass is 10.1. The van der Waals surface area contributed by atoms with Crippen molar-refractivity contribution in [2.24, 2.45) is 0 Å². The lowest BCUT2D eigenvalue weighted by Crippen LogP contribution is -2.32. The number of aromatic nitrogens is 1. The van der Waals surface area contributed by atoms with Crippen molar-refractivity contribution in [3.05, 3.63) is 93.4 Å². The van der Waals surface area contributed by atoms with Gasteiger partial charge in [0.1, 0.15) is 17.9 Å². The molecule has 0 atom stereocenters. The number of carbonyl (C=O) groups excluding carboxylic acids is 1. The van der Waals surface area contributed by atoms with Crippen molar-refractivity contribution < 1.29 is 14.4 Å². The van der Waals surface area contributed by atoms with Gasteiger partial charge in [-0.3, -0.25) is 9.59 Å². The van der Waals surface area contributed by atoms with Crippen LogP contribution in [-0.4, -0.2) is 17.7 Å². The van der Waals surface area contributed by atoms with Crippen LogP contribution in [0, 0.1) is 13.8 Å². The summed E-state index contributed by atoms with van der Waals surface area (Å²) in [6, 6.07) is 16.2. The molecule has 2 aromatic carbocycles. The van der Waals surface area contributed by atoms with Gasteiger partial charge in [-0.1, -0.05) is 24.3 Å². The summed E-state index contributed by atoms with van der Waals surface area (Å²) in [5, 5.41) is 2.80. The lowest BCUT2D eigenvalue weighted by molar-refractivity contribution is 0.0862. The largest absolute Gasteiger partial charge is 0.497 e. The van der Waals surface area contributed by atoms with Crippen LogP contribution in [0.5, 0.6) is 5.75 Å². The molecule has 1 N–H and O–H groups in total. The van der Waals surface area contributed by atoms with Gasteiger partial charge >= 0.3 is 0 Å². The Kier molecular flexibility index (Phi) is 5.79. The lowest BCUT2D eigenvalue weighted by Gasteiger charge is -2.12. The molecule has 1 amide bonds. The van der Waals surface area contributed by atoms with Gasteiger partial charge in [-0.25, -0.2) is 0 Å². The Labute approximate surface area is 163 Å². The highest BCUT2D eigenvalue weighted by Gasteiger charge is 2.14. The molecule has 0 aliphatic carbocycles. The standard InChI is InChI=1S/C22H22N2O4/c1-15-9-10-16(2)20(12-15)23-21(25)19-8-5-11-24(22(19)26)28-14-17-6-4-7-18(13-17)27-3/h4-13H,14H2,1-3H3,(H,23,25). The van der Waals surface area contributed by atoms with Gasteiger partial charge in [-0.05, 0) is 60.9 Å². The van der Waals surface area contributed by atoms with E-state index < -0.39 is 11.5 Å². The third-order valence-electron chi connectivity index (χ3n) is 4.31. The van der Waals surface area contributed by atoms with E-state index in [4.69, 9.17) is 9.57 Å². The number of pyridine rings is 1. The molecule has 1 aromatic heterocycles. The first-order valence-corrected chi connectivity index (χ1v) is 8.84. The first-order chi connectivity index (χ1) is 13.5. The smallest absolute Gasteiger partial charge is 0.295 e. The fourth-order valence-electron chi connectivity index (χ4n) is 2.72. The summed E-state index contributed by atoms with van der Waals surface area (Å²) in [6.45, 7) is 4.01. The zero-order valence-electron chi connectivity index (χ0n) is 16.1. The number of ether oxygens (including phenoxy) is 1. The maximum Gasteiger partial charge on any atom is 0.295 e. The summed E-state index contributed by atoms with van der Waals surface area (Å²) >= 11 is 0. The van der Waals surface area contributed by atoms with E-state index in [9.17, 15) is 9.59 Å². The third-order valence-corrected chi connectivity index (χ3v) is 4.31. The number of rotatable bonds is 6. The van der Waals surface area contributed by atoms with E-state index in [2.05, 4.69) is 5.32 Å². The molecule has 0 saturated heterocycles. The van der Waals surface area contributed by atoms with E-state index in [1.807, 2.05) is 56.3 Å². The molecule has 0 aliphatic rings. The molecule has 0 fully saturated rings. The summed E-state index contributed by atoms with van der Waals surface area (Å²) in [5.41, 5.74) is 2.95. The summed E-state index contributed by atoms with van der Waals surface area (Å²) < 4.78 is 6.25. The minimum Gasteiger partial charge on any atom is -0.497 e. The highest BCUT2D eigenvalue weighted by molar-refractivity contribution is 6.04. The molecule has 3 aromatic rings. The van der Waals surface area contributed by atoms with Crippen LogP contribution in [0.15, 0.2) is 65.6 Å². The highest BCUT2D eigenvalue weighted by Crippen LogP contribution is 2.17. The molecular weight excluding hydrogens is 356 g/mol. The fraction of sp³-hybridized carbons (Fsp3) is 0.182. The van der Waals surface area contributed by atoms with Gasteiger partial charge in [0.15, 0.2) is 0 Å². The van der Waals surface area contributed by atoms with Gasteiger partial charge in [0.05, 0.1) is 7.11 Å². The molecule has 3 rings (SSSR count). The van der Waals surface area contributed by atoms with Gasteiger partial charge in [-0.15, -0.1) is 0 Å². The zero-order valence-corrected chi connectivity index (χ0v) is 16.1. The number of anilines is 1. The Balaban J connectivity index is 1.77. The molecule has 0 radical (unpaired) electrons. The minimum absolute atomic E-state index is 0.00838. The highest BCUT2D eigenvalue weighted by atomic mass is 16.7. The van der Waals surface area contributed by atoms with Crippen molar-refractivity contribution in [3.8, 4) is 5.75 Å². The van der Waals surface area contributed by atoms with Gasteiger partial charge < -0.3 is 14.9 Å². The molecule has 1 heterocycles. The van der Waals surface area contributed by atoms with Crippen LogP contribution in [0.2, 0.25) is 0 Å². The molecule has 0 spiro atoms. The number of methoxy groups -OCH3 is 1. The van der Waals surface area contributed by atoms with Crippen molar-refractivity contribution in [2.75, 3.05) is 12.4 Å². The molecule has 0 unspecified atom stereocenters. The van der Waals surface area contributed by atoms with Crippen LogP contribution < -0.4 is 20.5 Å². The second-order valence-electron chi connectivity index (χ2n) is 6.45. The Bertz CT molecular complexity index is 1060. The second-order valence-corrected chi connectivity index (χ2v) is 6.45. The van der Waals surface area contributed by atoms with Gasteiger partial charge in [0.2, 0.25) is 0 Å². The summed E-state index contributed by atoms with van der Waals surface area (Å²) in [7, 11) is 1.59. The number of benzene rings is 2. The normalized spacial score (nSPS) is 10.4. The second kappa shape index (κ2) is 8.43. The molecule has 0 bridgehead atoms. The number of hydrogen-bond acceptors (Lipinski definition) is 4. The van der Waals surface area contributed by atoms with Crippen LogP contribution in [0.4, 0.5) is 5.69 Å². The fourth-order valence-corrected chi connectivity index (χ4v) is 2.72. The maximum absolute atomic E-state index is 12.6. The van der Waals surface area contributed by atoms with Crippen molar-refractivity contribution in [1.82, 2.24) is 4.73 Å². The van der Waals surface area contributed by atoms with Gasteiger partial charge in [-0.2, -0.15) is 4.73 Å².